The van der Waals surface area contributed by atoms with Crippen LogP contribution in [0.25, 0.3) is 0 Å². The molecule has 9 atom stereocenters. The van der Waals surface area contributed by atoms with Gasteiger partial charge in [0, 0.05) is 24.7 Å². The molecule has 0 spiro atoms. The summed E-state index contributed by atoms with van der Waals surface area (Å²) >= 11 is 0. The molecule has 0 radical (unpaired) electrons. The van der Waals surface area contributed by atoms with Crippen molar-refractivity contribution in [3.63, 3.8) is 0 Å². The molecule has 0 aromatic heterocycles. The maximum absolute atomic E-state index is 12.0. The van der Waals surface area contributed by atoms with Gasteiger partial charge in [-0.3, -0.25) is 9.59 Å². The highest BCUT2D eigenvalue weighted by Gasteiger charge is 2.70. The van der Waals surface area contributed by atoms with Gasteiger partial charge in [-0.25, -0.2) is 0 Å². The summed E-state index contributed by atoms with van der Waals surface area (Å²) in [5, 5.41) is 0. The second-order valence-corrected chi connectivity index (χ2v) is 14.1. The highest BCUT2D eigenvalue weighted by molar-refractivity contribution is 5.72. The summed E-state index contributed by atoms with van der Waals surface area (Å²) in [5.74, 6) is 2.33. The van der Waals surface area contributed by atoms with E-state index < -0.39 is 0 Å². The largest absolute Gasteiger partial charge is 0.462 e. The molecule has 0 aromatic carbocycles. The zero-order valence-electron chi connectivity index (χ0n) is 22.1. The van der Waals surface area contributed by atoms with Gasteiger partial charge in [-0.05, 0) is 98.7 Å². The Kier molecular flexibility index (Phi) is 5.19. The van der Waals surface area contributed by atoms with Crippen LogP contribution in [0.15, 0.2) is 0 Å². The lowest BCUT2D eigenvalue weighted by molar-refractivity contribution is -0.229. The molecule has 4 nitrogen and oxygen atoms in total. The van der Waals surface area contributed by atoms with E-state index in [4.69, 9.17) is 9.47 Å². The van der Waals surface area contributed by atoms with Gasteiger partial charge in [0.1, 0.15) is 11.7 Å². The molecule has 4 saturated carbocycles. The first-order chi connectivity index (χ1) is 15.3. The molecule has 1 aliphatic heterocycles. The highest BCUT2D eigenvalue weighted by Crippen LogP contribution is 2.76. The maximum atomic E-state index is 12.0. The van der Waals surface area contributed by atoms with Crippen LogP contribution in [-0.2, 0) is 19.1 Å². The molecule has 1 heterocycles. The molecule has 1 unspecified atom stereocenters. The Bertz CT molecular complexity index is 849. The quantitative estimate of drug-likeness (QED) is 0.432. The molecular weight excluding hydrogens is 412 g/mol. The number of cyclic esters (lactones) is 1. The molecule has 33 heavy (non-hydrogen) atoms. The van der Waals surface area contributed by atoms with Crippen LogP contribution in [0.4, 0.5) is 0 Å². The first-order valence-electron chi connectivity index (χ1n) is 13.7. The van der Waals surface area contributed by atoms with Gasteiger partial charge in [-0.2, -0.15) is 0 Å². The van der Waals surface area contributed by atoms with Crippen LogP contribution in [0, 0.1) is 45.3 Å². The van der Waals surface area contributed by atoms with Crippen molar-refractivity contribution in [3.8, 4) is 0 Å². The molecule has 5 rings (SSSR count). The number of carbonyl (C=O) groups excluding carboxylic acids is 2. The zero-order valence-corrected chi connectivity index (χ0v) is 22.1. The summed E-state index contributed by atoms with van der Waals surface area (Å²) < 4.78 is 11.9. The summed E-state index contributed by atoms with van der Waals surface area (Å²) in [4.78, 5) is 23.9. The molecule has 4 heteroatoms. The third-order valence-electron chi connectivity index (χ3n) is 12.6. The lowest BCUT2D eigenvalue weighted by Crippen LogP contribution is -2.64. The summed E-state index contributed by atoms with van der Waals surface area (Å²) in [6.07, 6.45) is 11.2. The summed E-state index contributed by atoms with van der Waals surface area (Å²) in [5.41, 5.74) is 0.682. The van der Waals surface area contributed by atoms with Gasteiger partial charge in [0.05, 0.1) is 0 Å². The highest BCUT2D eigenvalue weighted by atomic mass is 16.6. The molecule has 5 aliphatic rings. The van der Waals surface area contributed by atoms with Crippen LogP contribution in [-0.4, -0.2) is 23.6 Å². The predicted octanol–water partition coefficient (Wildman–Crippen LogP) is 6.70. The lowest BCUT2D eigenvalue weighted by atomic mass is 9.35. The van der Waals surface area contributed by atoms with Crippen molar-refractivity contribution >= 4 is 11.9 Å². The van der Waals surface area contributed by atoms with E-state index in [-0.39, 0.29) is 29.1 Å². The molecule has 0 aromatic rings. The summed E-state index contributed by atoms with van der Waals surface area (Å²) in [7, 11) is 0. The second kappa shape index (κ2) is 7.23. The zero-order chi connectivity index (χ0) is 24.0. The van der Waals surface area contributed by atoms with Crippen LogP contribution < -0.4 is 0 Å². The first-order valence-corrected chi connectivity index (χ1v) is 13.7. The Hall–Kier alpha value is -1.06. The van der Waals surface area contributed by atoms with Crippen molar-refractivity contribution in [1.29, 1.82) is 0 Å². The summed E-state index contributed by atoms with van der Waals surface area (Å²) in [6, 6.07) is 0. The van der Waals surface area contributed by atoms with Crippen LogP contribution in [0.2, 0.25) is 0 Å². The van der Waals surface area contributed by atoms with Gasteiger partial charge < -0.3 is 9.47 Å². The number of ether oxygens (including phenoxy) is 2. The lowest BCUT2D eigenvalue weighted by Gasteiger charge is -2.70. The number of fused-ring (bicyclic) bond motifs is 5. The van der Waals surface area contributed by atoms with E-state index in [0.29, 0.717) is 46.3 Å². The van der Waals surface area contributed by atoms with Crippen molar-refractivity contribution in [2.75, 3.05) is 0 Å². The third-order valence-corrected chi connectivity index (χ3v) is 12.6. The number of esters is 2. The molecule has 186 valence electrons. The average molecular weight is 459 g/mol. The second-order valence-electron chi connectivity index (χ2n) is 14.1. The van der Waals surface area contributed by atoms with E-state index in [9.17, 15) is 9.59 Å². The number of rotatable bonds is 2. The van der Waals surface area contributed by atoms with E-state index >= 15 is 0 Å². The van der Waals surface area contributed by atoms with E-state index in [0.717, 1.165) is 12.8 Å². The average Bonchev–Trinajstić information content (AvgIpc) is 3.25. The fourth-order valence-electron chi connectivity index (χ4n) is 10.8. The summed E-state index contributed by atoms with van der Waals surface area (Å²) in [6.45, 7) is 16.3. The van der Waals surface area contributed by atoms with E-state index in [2.05, 4.69) is 41.5 Å². The van der Waals surface area contributed by atoms with Crippen LogP contribution in [0.1, 0.15) is 113 Å². The maximum Gasteiger partial charge on any atom is 0.306 e. The standard InChI is InChI=1S/C29H46O4/c1-18(30)32-23-12-14-26(4)21(25(23,2)3)11-16-28(6)22(26)9-8-19-20(10-15-27(19,28)5)29(7)17-13-24(31)33-29/h19-23H,8-17H2,1-7H3/t19-,20+,21+,22-,23?,26+,27-,28-,29+/m1/s1. The number of carbonyl (C=O) groups is 2. The van der Waals surface area contributed by atoms with E-state index in [1.54, 1.807) is 6.92 Å². The molecule has 4 aliphatic carbocycles. The van der Waals surface area contributed by atoms with E-state index in [1.807, 2.05) is 0 Å². The molecule has 1 saturated heterocycles. The molecule has 5 fully saturated rings. The van der Waals surface area contributed by atoms with Crippen molar-refractivity contribution in [1.82, 2.24) is 0 Å². The molecule has 0 N–H and O–H groups in total. The van der Waals surface area contributed by atoms with Crippen LogP contribution in [0.5, 0.6) is 0 Å². The Morgan fingerprint density at radius 1 is 0.818 bits per heavy atom. The van der Waals surface area contributed by atoms with Crippen molar-refractivity contribution < 1.29 is 19.1 Å². The topological polar surface area (TPSA) is 52.6 Å². The molecule has 0 amide bonds. The van der Waals surface area contributed by atoms with Gasteiger partial charge >= 0.3 is 11.9 Å². The Morgan fingerprint density at radius 2 is 1.52 bits per heavy atom. The number of hydrogen-bond donors (Lipinski definition) is 0. The molecule has 0 bridgehead atoms. The van der Waals surface area contributed by atoms with Gasteiger partial charge in [0.2, 0.25) is 0 Å². The Labute approximate surface area is 200 Å². The van der Waals surface area contributed by atoms with Crippen molar-refractivity contribution in [2.24, 2.45) is 45.3 Å². The van der Waals surface area contributed by atoms with Gasteiger partial charge in [-0.1, -0.05) is 34.6 Å². The minimum atomic E-state index is -0.256. The fourth-order valence-corrected chi connectivity index (χ4v) is 10.8. The number of hydrogen-bond acceptors (Lipinski definition) is 4. The predicted molar refractivity (Wildman–Crippen MR) is 128 cm³/mol. The Morgan fingerprint density at radius 3 is 2.15 bits per heavy atom. The van der Waals surface area contributed by atoms with Gasteiger partial charge in [-0.15, -0.1) is 0 Å². The monoisotopic (exact) mass is 458 g/mol. The van der Waals surface area contributed by atoms with Crippen LogP contribution in [0.3, 0.4) is 0 Å². The SMILES string of the molecule is CC(=O)OC1CC[C@]2(C)[C@H]3CC[C@@H]4[C@@H]([C@]5(C)CCC(=O)O5)CC[C@@]4(C)[C@]3(C)CC[C@H]2C1(C)C. The van der Waals surface area contributed by atoms with Crippen molar-refractivity contribution in [3.05, 3.63) is 0 Å². The fraction of sp³-hybridized carbons (Fsp3) is 0.931. The van der Waals surface area contributed by atoms with E-state index in [1.165, 1.54) is 44.9 Å². The molecular formula is C29H46O4. The van der Waals surface area contributed by atoms with Crippen molar-refractivity contribution in [2.45, 2.75) is 124 Å². The van der Waals surface area contributed by atoms with Crippen LogP contribution >= 0.6 is 0 Å². The minimum absolute atomic E-state index is 0.00536. The normalized spacial score (nSPS) is 52.9. The first kappa shape index (κ1) is 23.7. The Balaban J connectivity index is 1.45. The minimum Gasteiger partial charge on any atom is -0.462 e. The smallest absolute Gasteiger partial charge is 0.306 e. The van der Waals surface area contributed by atoms with Gasteiger partial charge in [0.25, 0.3) is 0 Å². The van der Waals surface area contributed by atoms with Gasteiger partial charge in [0.15, 0.2) is 0 Å². The third kappa shape index (κ3) is 3.07.